The summed E-state index contributed by atoms with van der Waals surface area (Å²) in [6, 6.07) is 0. The number of hydrogen-bond donors (Lipinski definition) is 0. The van der Waals surface area contributed by atoms with Crippen molar-refractivity contribution in [3.05, 3.63) is 0 Å². The summed E-state index contributed by atoms with van der Waals surface area (Å²) in [4.78, 5) is 0. The van der Waals surface area contributed by atoms with Gasteiger partial charge < -0.3 is 0 Å². The van der Waals surface area contributed by atoms with Gasteiger partial charge in [0.25, 0.3) is 0 Å². The van der Waals surface area contributed by atoms with Crippen molar-refractivity contribution in [1.82, 2.24) is 0 Å². The molecule has 0 unspecified atom stereocenters. The van der Waals surface area contributed by atoms with Crippen molar-refractivity contribution >= 4 is 102 Å². The van der Waals surface area contributed by atoms with Crippen LogP contribution in [0.4, 0.5) is 0 Å². The summed E-state index contributed by atoms with van der Waals surface area (Å²) in [5, 5.41) is 0. The molecule has 0 nitrogen and oxygen atoms in total. The minimum absolute atomic E-state index is 0. The Kier molecular flexibility index (Phi) is 100. The molecular formula is H4CaClFeK. The Hall–Kier alpha value is 3.71. The standard InChI is InChI=1S/Ca.ClH.Fe.K.3H/h;1H;;;;;. The number of hydrogen-bond acceptors (Lipinski definition) is 0. The van der Waals surface area contributed by atoms with E-state index in [-0.39, 0.29) is 119 Å². The molecule has 0 saturated carbocycles. The first kappa shape index (κ1) is 25.2. The van der Waals surface area contributed by atoms with E-state index in [4.69, 9.17) is 0 Å². The number of halogens is 1. The Morgan fingerprint density at radius 2 is 1.00 bits per heavy atom. The molecule has 0 fully saturated rings. The predicted molar refractivity (Wildman–Crippen MR) is 22.9 cm³/mol. The zero-order valence-corrected chi connectivity index (χ0v) is 2.68. The second kappa shape index (κ2) is 15.9. The summed E-state index contributed by atoms with van der Waals surface area (Å²) in [5.41, 5.74) is 0. The SMILES string of the molecule is Cl.[CaH2].[Fe].[KH]. The van der Waals surface area contributed by atoms with E-state index >= 15 is 0 Å². The van der Waals surface area contributed by atoms with Crippen molar-refractivity contribution in [2.24, 2.45) is 0 Å². The topological polar surface area (TPSA) is 0 Å². The molecule has 0 saturated heterocycles. The first-order chi connectivity index (χ1) is 0. The van der Waals surface area contributed by atoms with Crippen LogP contribution < -0.4 is 0 Å². The van der Waals surface area contributed by atoms with Crippen molar-refractivity contribution in [3.63, 3.8) is 0 Å². The van der Waals surface area contributed by atoms with Gasteiger partial charge in [-0.3, -0.25) is 0 Å². The summed E-state index contributed by atoms with van der Waals surface area (Å²) in [6.45, 7) is 0. The molecule has 0 aliphatic rings. The Morgan fingerprint density at radius 1 is 1.00 bits per heavy atom. The van der Waals surface area contributed by atoms with Crippen LogP contribution in [-0.2, 0) is 17.1 Å². The Bertz CT molecular complexity index is 8.00. The third-order valence-corrected chi connectivity index (χ3v) is 0. The molecule has 0 aromatic heterocycles. The monoisotopic (exact) mass is 174 g/mol. The van der Waals surface area contributed by atoms with Gasteiger partial charge >= 0.3 is 89.1 Å². The summed E-state index contributed by atoms with van der Waals surface area (Å²) in [5.74, 6) is 0. The van der Waals surface area contributed by atoms with Gasteiger partial charge in [-0.05, 0) is 0 Å². The fourth-order valence-corrected chi connectivity index (χ4v) is 0. The molecule has 0 aromatic carbocycles. The average molecular weight is 175 g/mol. The van der Waals surface area contributed by atoms with Gasteiger partial charge in [-0.25, -0.2) is 0 Å². The molecule has 0 N–H and O–H groups in total. The van der Waals surface area contributed by atoms with E-state index in [2.05, 4.69) is 0 Å². The third kappa shape index (κ3) is 9.20. The van der Waals surface area contributed by atoms with Gasteiger partial charge in [-0.2, -0.15) is 0 Å². The van der Waals surface area contributed by atoms with Crippen LogP contribution >= 0.6 is 12.4 Å². The van der Waals surface area contributed by atoms with Gasteiger partial charge in [-0.15, -0.1) is 12.4 Å². The maximum absolute atomic E-state index is 0. The molecule has 0 aromatic rings. The molecule has 0 atom stereocenters. The van der Waals surface area contributed by atoms with E-state index in [9.17, 15) is 0 Å². The molecule has 0 heterocycles. The van der Waals surface area contributed by atoms with Gasteiger partial charge in [0.15, 0.2) is 0 Å². The maximum atomic E-state index is 0. The molecule has 0 bridgehead atoms. The van der Waals surface area contributed by atoms with Crippen molar-refractivity contribution in [3.8, 4) is 0 Å². The zero-order chi connectivity index (χ0) is 0. The first-order valence-electron chi connectivity index (χ1n) is 0. The van der Waals surface area contributed by atoms with E-state index < -0.39 is 0 Å². The molecule has 0 radical (unpaired) electrons. The predicted octanol–water partition coefficient (Wildman–Crippen LogP) is -1.15. The van der Waals surface area contributed by atoms with Crippen molar-refractivity contribution < 1.29 is 17.1 Å². The Balaban J connectivity index is 0. The van der Waals surface area contributed by atoms with Crippen molar-refractivity contribution in [2.45, 2.75) is 0 Å². The van der Waals surface area contributed by atoms with Crippen LogP contribution in [0.2, 0.25) is 0 Å². The molecule has 4 heteroatoms. The van der Waals surface area contributed by atoms with Gasteiger partial charge in [-0.1, -0.05) is 0 Å². The van der Waals surface area contributed by atoms with E-state index in [0.29, 0.717) is 0 Å². The fraction of sp³-hybridized carbons (Fsp3) is 0. The van der Waals surface area contributed by atoms with Crippen molar-refractivity contribution in [1.29, 1.82) is 0 Å². The summed E-state index contributed by atoms with van der Waals surface area (Å²) >= 11 is 0. The van der Waals surface area contributed by atoms with E-state index in [1.165, 1.54) is 0 Å². The molecular weight excluding hydrogens is 170 g/mol. The molecule has 22 valence electrons. The molecule has 0 aliphatic carbocycles. The van der Waals surface area contributed by atoms with Crippen molar-refractivity contribution in [2.75, 3.05) is 0 Å². The van der Waals surface area contributed by atoms with Crippen LogP contribution in [0, 0.1) is 0 Å². The van der Waals surface area contributed by atoms with Gasteiger partial charge in [0.05, 0.1) is 0 Å². The summed E-state index contributed by atoms with van der Waals surface area (Å²) in [7, 11) is 0. The summed E-state index contributed by atoms with van der Waals surface area (Å²) in [6.07, 6.45) is 0. The van der Waals surface area contributed by atoms with Crippen LogP contribution in [0.5, 0.6) is 0 Å². The van der Waals surface area contributed by atoms with Crippen LogP contribution in [0.3, 0.4) is 0 Å². The molecule has 0 spiro atoms. The van der Waals surface area contributed by atoms with Gasteiger partial charge in [0.1, 0.15) is 0 Å². The van der Waals surface area contributed by atoms with Crippen LogP contribution in [0.1, 0.15) is 0 Å². The molecule has 0 aliphatic heterocycles. The third-order valence-electron chi connectivity index (χ3n) is 0. The Labute approximate surface area is 115 Å². The zero-order valence-electron chi connectivity index (χ0n) is 0.762. The quantitative estimate of drug-likeness (QED) is 0.407. The van der Waals surface area contributed by atoms with E-state index in [0.717, 1.165) is 0 Å². The van der Waals surface area contributed by atoms with Gasteiger partial charge in [0.2, 0.25) is 0 Å². The van der Waals surface area contributed by atoms with E-state index in [1.807, 2.05) is 0 Å². The molecule has 0 rings (SSSR count). The fourth-order valence-electron chi connectivity index (χ4n) is 0. The first-order valence-corrected chi connectivity index (χ1v) is 0. The number of rotatable bonds is 0. The van der Waals surface area contributed by atoms with Crippen LogP contribution in [-0.4, -0.2) is 89.1 Å². The minimum atomic E-state index is 0. The molecule has 4 heavy (non-hydrogen) atoms. The summed E-state index contributed by atoms with van der Waals surface area (Å²) < 4.78 is 0. The molecule has 0 amide bonds. The second-order valence-corrected chi connectivity index (χ2v) is 0. The van der Waals surface area contributed by atoms with Crippen LogP contribution in [0.25, 0.3) is 0 Å². The van der Waals surface area contributed by atoms with Crippen LogP contribution in [0.15, 0.2) is 0 Å². The van der Waals surface area contributed by atoms with E-state index in [1.54, 1.807) is 0 Å². The Morgan fingerprint density at radius 3 is 1.00 bits per heavy atom. The average Bonchev–Trinajstić information content (AvgIpc) is 0. The normalized spacial score (nSPS) is 0. The second-order valence-electron chi connectivity index (χ2n) is 0. The van der Waals surface area contributed by atoms with Gasteiger partial charge in [0, 0.05) is 17.1 Å².